The van der Waals surface area contributed by atoms with E-state index in [1.54, 1.807) is 51.1 Å². The van der Waals surface area contributed by atoms with Crippen LogP contribution in [0.2, 0.25) is 5.02 Å². The van der Waals surface area contributed by atoms with Crippen molar-refractivity contribution >= 4 is 61.5 Å². The Morgan fingerprint density at radius 2 is 1.92 bits per heavy atom. The zero-order chi connectivity index (χ0) is 19.6. The van der Waals surface area contributed by atoms with Crippen LogP contribution in [0.5, 0.6) is 0 Å². The fourth-order valence-corrected chi connectivity index (χ4v) is 5.03. The first-order valence-corrected chi connectivity index (χ1v) is 10.7. The van der Waals surface area contributed by atoms with Gasteiger partial charge in [-0.25, -0.2) is 4.79 Å². The highest BCUT2D eigenvalue weighted by Gasteiger charge is 2.33. The monoisotopic (exact) mass is 473 g/mol. The first-order chi connectivity index (χ1) is 12.0. The molecule has 0 amide bonds. The first-order valence-electron chi connectivity index (χ1n) is 7.52. The number of hydrogen-bond acceptors (Lipinski definition) is 4. The summed E-state index contributed by atoms with van der Waals surface area (Å²) in [6, 6.07) is 9.88. The van der Waals surface area contributed by atoms with Gasteiger partial charge >= 0.3 is 5.97 Å². The fourth-order valence-electron chi connectivity index (χ4n) is 2.06. The zero-order valence-corrected chi connectivity index (χ0v) is 18.3. The van der Waals surface area contributed by atoms with Crippen LogP contribution in [0.25, 0.3) is 0 Å². The van der Waals surface area contributed by atoms with Gasteiger partial charge in [-0.05, 0) is 51.1 Å². The molecule has 0 heterocycles. The Labute approximate surface area is 173 Å². The van der Waals surface area contributed by atoms with Gasteiger partial charge in [0.2, 0.25) is 5.04 Å². The topological polar surface area (TPSA) is 84.2 Å². The maximum absolute atomic E-state index is 12.6. The van der Waals surface area contributed by atoms with Gasteiger partial charge in [0.15, 0.2) is 0 Å². The lowest BCUT2D eigenvalue weighted by Crippen LogP contribution is -2.34. The Hall–Kier alpha value is -0.990. The minimum Gasteiger partial charge on any atom is -0.610 e. The summed E-state index contributed by atoms with van der Waals surface area (Å²) in [5.74, 6) is -1.05. The molecule has 0 aromatic heterocycles. The van der Waals surface area contributed by atoms with Gasteiger partial charge in [-0.2, -0.15) is 0 Å². The van der Waals surface area contributed by atoms with Crippen LogP contribution < -0.4 is 0 Å². The molecule has 2 aromatic rings. The van der Waals surface area contributed by atoms with E-state index in [0.29, 0.717) is 20.4 Å². The van der Waals surface area contributed by atoms with E-state index in [2.05, 4.69) is 15.9 Å². The number of aromatic carboxylic acids is 1. The molecule has 4 nitrogen and oxygen atoms in total. The van der Waals surface area contributed by atoms with Gasteiger partial charge in [0, 0.05) is 25.4 Å². The minimum absolute atomic E-state index is 0.0330. The average molecular weight is 475 g/mol. The molecule has 2 aromatic carbocycles. The van der Waals surface area contributed by atoms with Crippen LogP contribution in [0.1, 0.15) is 36.7 Å². The summed E-state index contributed by atoms with van der Waals surface area (Å²) in [4.78, 5) is 12.5. The Morgan fingerprint density at radius 1 is 1.27 bits per heavy atom. The van der Waals surface area contributed by atoms with Gasteiger partial charge in [-0.1, -0.05) is 45.4 Å². The van der Waals surface area contributed by atoms with Crippen LogP contribution >= 0.6 is 39.3 Å². The van der Waals surface area contributed by atoms with Crippen molar-refractivity contribution in [2.75, 3.05) is 0 Å². The van der Waals surface area contributed by atoms with Crippen molar-refractivity contribution in [1.82, 2.24) is 0 Å². The Balaban J connectivity index is 2.54. The van der Waals surface area contributed by atoms with E-state index in [4.69, 9.17) is 17.0 Å². The van der Waals surface area contributed by atoms with Crippen molar-refractivity contribution in [2.45, 2.75) is 35.3 Å². The largest absolute Gasteiger partial charge is 0.610 e. The van der Waals surface area contributed by atoms with Gasteiger partial charge in [-0.15, -0.1) is 0 Å². The van der Waals surface area contributed by atoms with Crippen molar-refractivity contribution in [3.8, 4) is 0 Å². The molecule has 0 spiro atoms. The molecule has 0 aliphatic carbocycles. The molecule has 0 aliphatic rings. The third-order valence-corrected chi connectivity index (χ3v) is 7.16. The third kappa shape index (κ3) is 4.84. The molecule has 0 saturated carbocycles. The highest BCUT2D eigenvalue weighted by molar-refractivity contribution is 9.10. The van der Waals surface area contributed by atoms with Crippen molar-refractivity contribution in [3.05, 3.63) is 57.0 Å². The van der Waals surface area contributed by atoms with Crippen molar-refractivity contribution in [3.63, 3.8) is 0 Å². The third-order valence-electron chi connectivity index (χ3n) is 3.34. The molecule has 2 rings (SSSR count). The summed E-state index contributed by atoms with van der Waals surface area (Å²) in [5.41, 5.74) is 0.569. The molecule has 0 fully saturated rings. The Bertz CT molecular complexity index is 868. The molecule has 0 aliphatic heterocycles. The first kappa shape index (κ1) is 21.3. The predicted octanol–water partition coefficient (Wildman–Crippen LogP) is 5.82. The van der Waals surface area contributed by atoms with Crippen LogP contribution in [-0.4, -0.2) is 25.4 Å². The van der Waals surface area contributed by atoms with E-state index >= 15 is 0 Å². The molecule has 0 bridgehead atoms. The second kappa shape index (κ2) is 8.35. The molecule has 1 atom stereocenters. The summed E-state index contributed by atoms with van der Waals surface area (Å²) in [6.45, 7) is 5.39. The Morgan fingerprint density at radius 3 is 2.50 bits per heavy atom. The van der Waals surface area contributed by atoms with Gasteiger partial charge in [-0.3, -0.25) is 5.41 Å². The van der Waals surface area contributed by atoms with E-state index in [-0.39, 0.29) is 10.6 Å². The highest BCUT2D eigenvalue weighted by atomic mass is 79.9. The molecule has 2 N–H and O–H groups in total. The zero-order valence-electron chi connectivity index (χ0n) is 14.3. The van der Waals surface area contributed by atoms with E-state index in [0.717, 1.165) is 16.2 Å². The van der Waals surface area contributed by atoms with E-state index in [1.165, 1.54) is 6.07 Å². The second-order valence-electron chi connectivity index (χ2n) is 6.37. The van der Waals surface area contributed by atoms with Crippen LogP contribution in [0.15, 0.2) is 50.7 Å². The lowest BCUT2D eigenvalue weighted by Gasteiger charge is -2.25. The van der Waals surface area contributed by atoms with Gasteiger partial charge in [0.05, 0.1) is 16.1 Å². The molecule has 8 heteroatoms. The molecule has 0 saturated heterocycles. The van der Waals surface area contributed by atoms with Crippen molar-refractivity contribution in [2.24, 2.45) is 0 Å². The lowest BCUT2D eigenvalue weighted by molar-refractivity contribution is 0.0693. The number of benzene rings is 2. The molecule has 138 valence electrons. The Kier molecular flexibility index (Phi) is 6.85. The number of carboxylic acid groups (broad SMARTS) is 1. The smallest absolute Gasteiger partial charge is 0.336 e. The minimum atomic E-state index is -1.54. The molecule has 1 unspecified atom stereocenters. The summed E-state index contributed by atoms with van der Waals surface area (Å²) >= 11 is 9.29. The van der Waals surface area contributed by atoms with E-state index < -0.39 is 21.9 Å². The summed E-state index contributed by atoms with van der Waals surface area (Å²) < 4.78 is 12.8. The van der Waals surface area contributed by atoms with E-state index in [9.17, 15) is 14.5 Å². The number of nitrogens with one attached hydrogen (secondary N) is 1. The number of carboxylic acids is 1. The second-order valence-corrected chi connectivity index (χ2v) is 10.9. The standard InChI is InChI=1S/C18H17BrClNO3S2/c1-18(2,3)26(24)16(21)12-5-4-6-13(20)15(12)25-14-9-10(19)7-8-11(14)17(22)23/h4-9,21H,1-3H3,(H,22,23). The van der Waals surface area contributed by atoms with Crippen LogP contribution in [0.3, 0.4) is 0 Å². The van der Waals surface area contributed by atoms with E-state index in [1.807, 2.05) is 0 Å². The average Bonchev–Trinajstić information content (AvgIpc) is 2.54. The van der Waals surface area contributed by atoms with Gasteiger partial charge in [0.25, 0.3) is 0 Å². The number of carbonyl (C=O) groups is 1. The normalized spacial score (nSPS) is 12.7. The fraction of sp³-hybridized carbons (Fsp3) is 0.222. The van der Waals surface area contributed by atoms with Crippen molar-refractivity contribution in [1.29, 1.82) is 5.41 Å². The van der Waals surface area contributed by atoms with Crippen LogP contribution in [0, 0.1) is 5.41 Å². The molecular weight excluding hydrogens is 458 g/mol. The van der Waals surface area contributed by atoms with Crippen molar-refractivity contribution < 1.29 is 14.5 Å². The van der Waals surface area contributed by atoms with Crippen LogP contribution in [-0.2, 0) is 11.2 Å². The predicted molar refractivity (Wildman–Crippen MR) is 111 cm³/mol. The molecular formula is C18H17BrClNO3S2. The summed E-state index contributed by atoms with van der Waals surface area (Å²) in [5, 5.41) is 18.1. The van der Waals surface area contributed by atoms with Crippen LogP contribution in [0.4, 0.5) is 0 Å². The van der Waals surface area contributed by atoms with Gasteiger partial charge < -0.3 is 9.66 Å². The maximum Gasteiger partial charge on any atom is 0.336 e. The summed E-state index contributed by atoms with van der Waals surface area (Å²) in [6.07, 6.45) is 0. The number of halogens is 2. The molecule has 0 radical (unpaired) electrons. The quantitative estimate of drug-likeness (QED) is 0.332. The molecule has 26 heavy (non-hydrogen) atoms. The SMILES string of the molecule is CC(C)(C)[S+]([O-])C(=N)c1cccc(Cl)c1Sc1cc(Br)ccc1C(=O)O. The highest BCUT2D eigenvalue weighted by Crippen LogP contribution is 2.40. The summed E-state index contributed by atoms with van der Waals surface area (Å²) in [7, 11) is 0. The van der Waals surface area contributed by atoms with Gasteiger partial charge in [0.1, 0.15) is 4.75 Å². The lowest BCUT2D eigenvalue weighted by atomic mass is 10.2. The number of hydrogen-bond donors (Lipinski definition) is 2. The number of rotatable bonds is 4. The maximum atomic E-state index is 12.6.